The Morgan fingerprint density at radius 2 is 1.82 bits per heavy atom. The number of nitrogens with one attached hydrogen (secondary N) is 1. The van der Waals surface area contributed by atoms with Crippen molar-refractivity contribution in [3.05, 3.63) is 18.0 Å². The van der Waals surface area contributed by atoms with Gasteiger partial charge in [-0.05, 0) is 19.3 Å². The molecule has 0 atom stereocenters. The molecule has 1 saturated carbocycles. The first-order chi connectivity index (χ1) is 8.28. The number of aromatic nitrogens is 2. The highest BCUT2D eigenvalue weighted by Crippen LogP contribution is 2.40. The maximum absolute atomic E-state index is 10.2. The first-order valence-electron chi connectivity index (χ1n) is 6.28. The molecule has 0 unspecified atom stereocenters. The van der Waals surface area contributed by atoms with E-state index in [2.05, 4.69) is 20.2 Å². The summed E-state index contributed by atoms with van der Waals surface area (Å²) in [6.07, 6.45) is 6.33. The van der Waals surface area contributed by atoms with Gasteiger partial charge in [0.15, 0.2) is 0 Å². The predicted molar refractivity (Wildman–Crippen MR) is 64.9 cm³/mol. The van der Waals surface area contributed by atoms with Crippen molar-refractivity contribution in [3.8, 4) is 0 Å². The van der Waals surface area contributed by atoms with Gasteiger partial charge >= 0.3 is 0 Å². The molecule has 1 aromatic heterocycles. The van der Waals surface area contributed by atoms with E-state index in [0.717, 1.165) is 57.0 Å². The van der Waals surface area contributed by atoms with Gasteiger partial charge in [0.2, 0.25) is 5.95 Å². The van der Waals surface area contributed by atoms with Crippen LogP contribution in [0.3, 0.4) is 0 Å². The summed E-state index contributed by atoms with van der Waals surface area (Å²) in [5.74, 6) is 0.776. The zero-order chi connectivity index (χ0) is 11.7. The minimum Gasteiger partial charge on any atom is -0.385 e. The summed E-state index contributed by atoms with van der Waals surface area (Å²) < 4.78 is 0. The molecule has 0 amide bonds. The van der Waals surface area contributed by atoms with Gasteiger partial charge in [-0.1, -0.05) is 0 Å². The third-order valence-corrected chi connectivity index (χ3v) is 3.76. The van der Waals surface area contributed by atoms with E-state index in [9.17, 15) is 5.11 Å². The molecule has 3 rings (SSSR count). The minimum atomic E-state index is -0.651. The standard InChI is InChI=1S/C12H18N4O/c17-12(2-1-3-12)10-8-14-11(15-9-10)16-6-4-13-5-7-16/h8-9,13,17H,1-7H2. The van der Waals surface area contributed by atoms with Gasteiger partial charge in [-0.3, -0.25) is 0 Å². The normalized spacial score (nSPS) is 23.2. The monoisotopic (exact) mass is 234 g/mol. The van der Waals surface area contributed by atoms with Crippen LogP contribution in [0.5, 0.6) is 0 Å². The fraction of sp³-hybridized carbons (Fsp3) is 0.667. The molecule has 0 spiro atoms. The minimum absolute atomic E-state index is 0.651. The van der Waals surface area contributed by atoms with Crippen molar-refractivity contribution in [2.45, 2.75) is 24.9 Å². The van der Waals surface area contributed by atoms with Crippen molar-refractivity contribution < 1.29 is 5.11 Å². The first-order valence-corrected chi connectivity index (χ1v) is 6.28. The highest BCUT2D eigenvalue weighted by Gasteiger charge is 2.36. The number of anilines is 1. The molecule has 1 aliphatic heterocycles. The lowest BCUT2D eigenvalue weighted by Gasteiger charge is -2.36. The van der Waals surface area contributed by atoms with Crippen LogP contribution in [0.15, 0.2) is 12.4 Å². The molecule has 0 radical (unpaired) electrons. The summed E-state index contributed by atoms with van der Waals surface area (Å²) in [7, 11) is 0. The van der Waals surface area contributed by atoms with E-state index in [4.69, 9.17) is 0 Å². The van der Waals surface area contributed by atoms with Gasteiger partial charge in [-0.2, -0.15) is 0 Å². The van der Waals surface area contributed by atoms with E-state index in [1.807, 2.05) is 0 Å². The average molecular weight is 234 g/mol. The summed E-state index contributed by atoms with van der Waals surface area (Å²) in [4.78, 5) is 10.9. The smallest absolute Gasteiger partial charge is 0.225 e. The van der Waals surface area contributed by atoms with Crippen LogP contribution in [-0.2, 0) is 5.60 Å². The third-order valence-electron chi connectivity index (χ3n) is 3.76. The summed E-state index contributed by atoms with van der Waals surface area (Å²) in [5.41, 5.74) is 0.213. The molecule has 0 aromatic carbocycles. The molecule has 1 aromatic rings. The third kappa shape index (κ3) is 2.00. The van der Waals surface area contributed by atoms with Gasteiger partial charge in [-0.25, -0.2) is 9.97 Å². The molecule has 5 heteroatoms. The van der Waals surface area contributed by atoms with Crippen LogP contribution in [0.2, 0.25) is 0 Å². The first kappa shape index (κ1) is 10.9. The van der Waals surface area contributed by atoms with Crippen LogP contribution in [-0.4, -0.2) is 41.3 Å². The molecule has 2 aliphatic rings. The summed E-state index contributed by atoms with van der Waals surface area (Å²) in [5, 5.41) is 13.5. The van der Waals surface area contributed by atoms with Crippen LogP contribution in [0.25, 0.3) is 0 Å². The fourth-order valence-corrected chi connectivity index (χ4v) is 2.39. The van der Waals surface area contributed by atoms with E-state index in [1.54, 1.807) is 12.4 Å². The Kier molecular flexibility index (Phi) is 2.72. The second-order valence-corrected chi connectivity index (χ2v) is 4.89. The molecule has 1 aliphatic carbocycles. The molecule has 2 fully saturated rings. The lowest BCUT2D eigenvalue weighted by Crippen LogP contribution is -2.44. The number of rotatable bonds is 2. The van der Waals surface area contributed by atoms with Crippen molar-refractivity contribution in [3.63, 3.8) is 0 Å². The Morgan fingerprint density at radius 1 is 1.18 bits per heavy atom. The highest BCUT2D eigenvalue weighted by atomic mass is 16.3. The van der Waals surface area contributed by atoms with E-state index in [-0.39, 0.29) is 0 Å². The van der Waals surface area contributed by atoms with Gasteiger partial charge in [0, 0.05) is 44.1 Å². The van der Waals surface area contributed by atoms with Crippen molar-refractivity contribution >= 4 is 5.95 Å². The van der Waals surface area contributed by atoms with E-state index >= 15 is 0 Å². The van der Waals surface area contributed by atoms with E-state index in [0.29, 0.717) is 0 Å². The van der Waals surface area contributed by atoms with Crippen molar-refractivity contribution in [2.75, 3.05) is 31.1 Å². The molecular weight excluding hydrogens is 216 g/mol. The quantitative estimate of drug-likeness (QED) is 0.768. The van der Waals surface area contributed by atoms with Crippen LogP contribution < -0.4 is 10.2 Å². The number of aliphatic hydroxyl groups is 1. The van der Waals surface area contributed by atoms with Crippen LogP contribution in [0.4, 0.5) is 5.95 Å². The zero-order valence-electron chi connectivity index (χ0n) is 9.89. The zero-order valence-corrected chi connectivity index (χ0v) is 9.89. The Hall–Kier alpha value is -1.20. The Bertz CT molecular complexity index is 382. The molecule has 2 heterocycles. The lowest BCUT2D eigenvalue weighted by atomic mass is 9.76. The molecule has 2 N–H and O–H groups in total. The van der Waals surface area contributed by atoms with Gasteiger partial charge < -0.3 is 15.3 Å². The van der Waals surface area contributed by atoms with E-state index < -0.39 is 5.60 Å². The second-order valence-electron chi connectivity index (χ2n) is 4.89. The predicted octanol–water partition coefficient (Wildman–Crippen LogP) is 0.258. The number of nitrogens with zero attached hydrogens (tertiary/aromatic N) is 3. The molecule has 92 valence electrons. The highest BCUT2D eigenvalue weighted by molar-refractivity contribution is 5.32. The molecule has 17 heavy (non-hydrogen) atoms. The number of hydrogen-bond donors (Lipinski definition) is 2. The largest absolute Gasteiger partial charge is 0.385 e. The summed E-state index contributed by atoms with van der Waals surface area (Å²) >= 11 is 0. The van der Waals surface area contributed by atoms with Gasteiger partial charge in [0.25, 0.3) is 0 Å². The Morgan fingerprint density at radius 3 is 2.35 bits per heavy atom. The maximum Gasteiger partial charge on any atom is 0.225 e. The van der Waals surface area contributed by atoms with Gasteiger partial charge in [0.05, 0.1) is 5.60 Å². The van der Waals surface area contributed by atoms with Gasteiger partial charge in [-0.15, -0.1) is 0 Å². The molecular formula is C12H18N4O. The molecule has 1 saturated heterocycles. The van der Waals surface area contributed by atoms with Crippen LogP contribution in [0.1, 0.15) is 24.8 Å². The average Bonchev–Trinajstić information content (AvgIpc) is 2.37. The lowest BCUT2D eigenvalue weighted by molar-refractivity contribution is -0.0393. The Labute approximate surface area is 101 Å². The van der Waals surface area contributed by atoms with Crippen LogP contribution >= 0.6 is 0 Å². The van der Waals surface area contributed by atoms with Crippen molar-refractivity contribution in [1.82, 2.24) is 15.3 Å². The molecule has 0 bridgehead atoms. The summed E-state index contributed by atoms with van der Waals surface area (Å²) in [6, 6.07) is 0. The van der Waals surface area contributed by atoms with Gasteiger partial charge in [0.1, 0.15) is 0 Å². The fourth-order valence-electron chi connectivity index (χ4n) is 2.39. The topological polar surface area (TPSA) is 61.3 Å². The summed E-state index contributed by atoms with van der Waals surface area (Å²) in [6.45, 7) is 3.86. The Balaban J connectivity index is 1.75. The number of piperazine rings is 1. The molecule has 5 nitrogen and oxygen atoms in total. The van der Waals surface area contributed by atoms with E-state index in [1.165, 1.54) is 0 Å². The van der Waals surface area contributed by atoms with Crippen molar-refractivity contribution in [2.24, 2.45) is 0 Å². The van der Waals surface area contributed by atoms with Crippen LogP contribution in [0, 0.1) is 0 Å². The second kappa shape index (κ2) is 4.23. The van der Waals surface area contributed by atoms with Crippen molar-refractivity contribution in [1.29, 1.82) is 0 Å². The maximum atomic E-state index is 10.2. The SMILES string of the molecule is OC1(c2cnc(N3CCNCC3)nc2)CCC1. The number of hydrogen-bond acceptors (Lipinski definition) is 5.